The first-order valence-corrected chi connectivity index (χ1v) is 6.19. The van der Waals surface area contributed by atoms with Crippen molar-refractivity contribution in [1.82, 2.24) is 20.1 Å². The lowest BCUT2D eigenvalue weighted by Gasteiger charge is -2.07. The van der Waals surface area contributed by atoms with E-state index in [2.05, 4.69) is 25.4 Å². The molecule has 0 spiro atoms. The van der Waals surface area contributed by atoms with Crippen molar-refractivity contribution in [3.63, 3.8) is 0 Å². The molecule has 0 aliphatic rings. The molecular weight excluding hydrogens is 246 g/mol. The van der Waals surface area contributed by atoms with Gasteiger partial charge in [0.1, 0.15) is 11.6 Å². The molecule has 0 unspecified atom stereocenters. The Kier molecular flexibility index (Phi) is 3.94. The first kappa shape index (κ1) is 13.3. The van der Waals surface area contributed by atoms with Crippen LogP contribution in [0.15, 0.2) is 15.4 Å². The standard InChI is InChI=1S/C12H17N5O2/c1-7(2)12-15-9(6-10(18)16-12)13-5-4-11-14-8(3)17-19-11/h6-7H,4-5H2,1-3H3,(H2,13,15,16,18). The summed E-state index contributed by atoms with van der Waals surface area (Å²) in [5.41, 5.74) is -0.158. The first-order chi connectivity index (χ1) is 9.04. The molecule has 7 nitrogen and oxygen atoms in total. The summed E-state index contributed by atoms with van der Waals surface area (Å²) in [6.07, 6.45) is 0.590. The summed E-state index contributed by atoms with van der Waals surface area (Å²) < 4.78 is 5.00. The highest BCUT2D eigenvalue weighted by Crippen LogP contribution is 2.09. The molecule has 0 radical (unpaired) electrons. The summed E-state index contributed by atoms with van der Waals surface area (Å²) in [6, 6.07) is 1.44. The number of H-pyrrole nitrogens is 1. The van der Waals surface area contributed by atoms with Gasteiger partial charge in [-0.15, -0.1) is 0 Å². The highest BCUT2D eigenvalue weighted by Gasteiger charge is 2.06. The van der Waals surface area contributed by atoms with Crippen molar-refractivity contribution in [2.24, 2.45) is 0 Å². The number of anilines is 1. The maximum Gasteiger partial charge on any atom is 0.252 e. The fourth-order valence-electron chi connectivity index (χ4n) is 1.58. The van der Waals surface area contributed by atoms with Crippen molar-refractivity contribution in [3.05, 3.63) is 34.0 Å². The predicted molar refractivity (Wildman–Crippen MR) is 70.2 cm³/mol. The minimum absolute atomic E-state index is 0.158. The summed E-state index contributed by atoms with van der Waals surface area (Å²) in [5, 5.41) is 6.79. The molecule has 2 aromatic heterocycles. The SMILES string of the molecule is Cc1noc(CCNc2cc(=O)[nH]c(C(C)C)n2)n1. The molecule has 7 heteroatoms. The van der Waals surface area contributed by atoms with Crippen LogP contribution in [0.1, 0.15) is 37.3 Å². The number of aryl methyl sites for hydroxylation is 1. The van der Waals surface area contributed by atoms with Gasteiger partial charge in [-0.1, -0.05) is 19.0 Å². The van der Waals surface area contributed by atoms with Gasteiger partial charge in [0, 0.05) is 24.9 Å². The molecular formula is C12H17N5O2. The molecule has 0 atom stereocenters. The van der Waals surface area contributed by atoms with E-state index in [1.54, 1.807) is 6.92 Å². The van der Waals surface area contributed by atoms with Gasteiger partial charge in [-0.3, -0.25) is 4.79 Å². The highest BCUT2D eigenvalue weighted by molar-refractivity contribution is 5.33. The molecule has 0 aromatic carbocycles. The molecule has 0 aliphatic heterocycles. The molecule has 2 rings (SSSR count). The molecule has 19 heavy (non-hydrogen) atoms. The minimum Gasteiger partial charge on any atom is -0.369 e. The molecule has 2 heterocycles. The zero-order chi connectivity index (χ0) is 13.8. The van der Waals surface area contributed by atoms with Crippen LogP contribution < -0.4 is 10.9 Å². The smallest absolute Gasteiger partial charge is 0.252 e. The second kappa shape index (κ2) is 5.64. The second-order valence-electron chi connectivity index (χ2n) is 4.58. The van der Waals surface area contributed by atoms with Gasteiger partial charge in [-0.2, -0.15) is 4.98 Å². The molecule has 0 saturated carbocycles. The van der Waals surface area contributed by atoms with Gasteiger partial charge in [-0.25, -0.2) is 4.98 Å². The Labute approximate surface area is 110 Å². The minimum atomic E-state index is -0.158. The fourth-order valence-corrected chi connectivity index (χ4v) is 1.58. The monoisotopic (exact) mass is 263 g/mol. The summed E-state index contributed by atoms with van der Waals surface area (Å²) in [7, 11) is 0. The third-order valence-electron chi connectivity index (χ3n) is 2.52. The Bertz CT molecular complexity index is 602. The molecule has 0 saturated heterocycles. The molecule has 2 aromatic rings. The van der Waals surface area contributed by atoms with Gasteiger partial charge in [-0.05, 0) is 6.92 Å². The Hall–Kier alpha value is -2.18. The molecule has 0 bridgehead atoms. The van der Waals surface area contributed by atoms with Gasteiger partial charge < -0.3 is 14.8 Å². The number of hydrogen-bond acceptors (Lipinski definition) is 6. The first-order valence-electron chi connectivity index (χ1n) is 6.19. The zero-order valence-electron chi connectivity index (χ0n) is 11.2. The highest BCUT2D eigenvalue weighted by atomic mass is 16.5. The quantitative estimate of drug-likeness (QED) is 0.842. The number of rotatable bonds is 5. The van der Waals surface area contributed by atoms with Crippen LogP contribution in [0.4, 0.5) is 5.82 Å². The summed E-state index contributed by atoms with van der Waals surface area (Å²) in [6.45, 7) is 6.30. The van der Waals surface area contributed by atoms with E-state index in [4.69, 9.17) is 4.52 Å². The molecule has 0 fully saturated rings. The van der Waals surface area contributed by atoms with Crippen LogP contribution in [0, 0.1) is 6.92 Å². The van der Waals surface area contributed by atoms with E-state index in [0.29, 0.717) is 36.3 Å². The van der Waals surface area contributed by atoms with Crippen LogP contribution in [0.2, 0.25) is 0 Å². The van der Waals surface area contributed by atoms with E-state index in [1.165, 1.54) is 6.07 Å². The van der Waals surface area contributed by atoms with Crippen LogP contribution in [0.5, 0.6) is 0 Å². The van der Waals surface area contributed by atoms with Gasteiger partial charge in [0.2, 0.25) is 5.89 Å². The van der Waals surface area contributed by atoms with Crippen molar-refractivity contribution in [3.8, 4) is 0 Å². The fraction of sp³-hybridized carbons (Fsp3) is 0.500. The Balaban J connectivity index is 1.97. The number of nitrogens with zero attached hydrogens (tertiary/aromatic N) is 3. The van der Waals surface area contributed by atoms with Gasteiger partial charge >= 0.3 is 0 Å². The maximum absolute atomic E-state index is 11.5. The van der Waals surface area contributed by atoms with E-state index in [0.717, 1.165) is 0 Å². The Morgan fingerprint density at radius 2 is 2.21 bits per heavy atom. The van der Waals surface area contributed by atoms with E-state index in [9.17, 15) is 4.79 Å². The number of aromatic nitrogens is 4. The summed E-state index contributed by atoms with van der Waals surface area (Å²) in [5.74, 6) is 2.59. The van der Waals surface area contributed by atoms with E-state index in [-0.39, 0.29) is 11.5 Å². The third kappa shape index (κ3) is 3.64. The summed E-state index contributed by atoms with van der Waals surface area (Å²) in [4.78, 5) is 22.6. The molecule has 0 amide bonds. The van der Waals surface area contributed by atoms with Crippen molar-refractivity contribution in [2.45, 2.75) is 33.1 Å². The van der Waals surface area contributed by atoms with Crippen molar-refractivity contribution in [2.75, 3.05) is 11.9 Å². The lowest BCUT2D eigenvalue weighted by atomic mass is 10.2. The number of hydrogen-bond donors (Lipinski definition) is 2. The van der Waals surface area contributed by atoms with Crippen LogP contribution in [0.25, 0.3) is 0 Å². The van der Waals surface area contributed by atoms with E-state index in [1.807, 2.05) is 13.8 Å². The van der Waals surface area contributed by atoms with Crippen LogP contribution >= 0.6 is 0 Å². The van der Waals surface area contributed by atoms with E-state index >= 15 is 0 Å². The Morgan fingerprint density at radius 1 is 1.42 bits per heavy atom. The predicted octanol–water partition coefficient (Wildman–Crippen LogP) is 1.24. The number of aromatic amines is 1. The lowest BCUT2D eigenvalue weighted by Crippen LogP contribution is -2.15. The van der Waals surface area contributed by atoms with Crippen molar-refractivity contribution in [1.29, 1.82) is 0 Å². The van der Waals surface area contributed by atoms with Crippen LogP contribution in [-0.4, -0.2) is 26.7 Å². The molecule has 102 valence electrons. The van der Waals surface area contributed by atoms with Crippen molar-refractivity contribution < 1.29 is 4.52 Å². The number of nitrogens with one attached hydrogen (secondary N) is 2. The largest absolute Gasteiger partial charge is 0.369 e. The molecule has 0 aliphatic carbocycles. The average molecular weight is 263 g/mol. The third-order valence-corrected chi connectivity index (χ3v) is 2.52. The van der Waals surface area contributed by atoms with Gasteiger partial charge in [0.05, 0.1) is 0 Å². The van der Waals surface area contributed by atoms with E-state index < -0.39 is 0 Å². The van der Waals surface area contributed by atoms with Gasteiger partial charge in [0.15, 0.2) is 5.82 Å². The summed E-state index contributed by atoms with van der Waals surface area (Å²) >= 11 is 0. The average Bonchev–Trinajstić information content (AvgIpc) is 2.74. The lowest BCUT2D eigenvalue weighted by molar-refractivity contribution is 0.377. The topological polar surface area (TPSA) is 96.7 Å². The Morgan fingerprint density at radius 3 is 2.84 bits per heavy atom. The van der Waals surface area contributed by atoms with Crippen LogP contribution in [0.3, 0.4) is 0 Å². The normalized spacial score (nSPS) is 10.9. The van der Waals surface area contributed by atoms with Crippen LogP contribution in [-0.2, 0) is 6.42 Å². The maximum atomic E-state index is 11.5. The second-order valence-corrected chi connectivity index (χ2v) is 4.58. The van der Waals surface area contributed by atoms with Gasteiger partial charge in [0.25, 0.3) is 5.56 Å². The molecule has 2 N–H and O–H groups in total. The van der Waals surface area contributed by atoms with Crippen molar-refractivity contribution >= 4 is 5.82 Å². The zero-order valence-corrected chi connectivity index (χ0v) is 11.2.